The molecule has 0 bridgehead atoms. The molecule has 0 unspecified atom stereocenters. The fourth-order valence-electron chi connectivity index (χ4n) is 2.67. The number of fused-ring (bicyclic) bond motifs is 1. The fraction of sp³-hybridized carbons (Fsp3) is 0. The lowest BCUT2D eigenvalue weighted by atomic mass is 10.0. The third-order valence-corrected chi connectivity index (χ3v) is 4.77. The van der Waals surface area contributed by atoms with E-state index in [9.17, 15) is 9.90 Å². The Morgan fingerprint density at radius 3 is 2.47 bits per heavy atom. The normalized spacial score (nSPS) is 11.6. The largest absolute Gasteiger partial charge is 0.478 e. The SMILES string of the molecule is N/N=C(\c1cccc(C(=O)O)c1)c1nc2nonc2nc1Nc1ccc(Cl)c(Cl)c1. The van der Waals surface area contributed by atoms with E-state index in [1.165, 1.54) is 12.1 Å². The van der Waals surface area contributed by atoms with Crippen LogP contribution in [-0.2, 0) is 0 Å². The van der Waals surface area contributed by atoms with Gasteiger partial charge in [0, 0.05) is 11.3 Å². The number of halogens is 2. The number of nitrogens with zero attached hydrogens (tertiary/aromatic N) is 5. The number of hydrazone groups is 1. The van der Waals surface area contributed by atoms with Crippen molar-refractivity contribution in [2.24, 2.45) is 10.9 Å². The molecule has 0 saturated heterocycles. The Kier molecular flexibility index (Phi) is 5.17. The molecule has 10 nitrogen and oxygen atoms in total. The second-order valence-electron chi connectivity index (χ2n) is 5.95. The summed E-state index contributed by atoms with van der Waals surface area (Å²) in [4.78, 5) is 20.1. The predicted molar refractivity (Wildman–Crippen MR) is 110 cm³/mol. The van der Waals surface area contributed by atoms with E-state index in [-0.39, 0.29) is 34.1 Å². The van der Waals surface area contributed by atoms with Crippen LogP contribution in [0.1, 0.15) is 21.6 Å². The molecule has 2 aromatic carbocycles. The molecule has 0 aliphatic rings. The van der Waals surface area contributed by atoms with Crippen molar-refractivity contribution < 1.29 is 14.5 Å². The molecular formula is C18H11Cl2N7O3. The van der Waals surface area contributed by atoms with E-state index in [1.54, 1.807) is 30.3 Å². The van der Waals surface area contributed by atoms with Gasteiger partial charge in [-0.1, -0.05) is 35.3 Å². The quantitative estimate of drug-likeness (QED) is 0.239. The molecule has 0 amide bonds. The number of benzene rings is 2. The highest BCUT2D eigenvalue weighted by Crippen LogP contribution is 2.28. The number of hydrogen-bond acceptors (Lipinski definition) is 9. The monoisotopic (exact) mass is 443 g/mol. The van der Waals surface area contributed by atoms with E-state index in [0.29, 0.717) is 21.3 Å². The molecule has 4 aromatic rings. The van der Waals surface area contributed by atoms with Gasteiger partial charge in [0.2, 0.25) is 11.3 Å². The minimum atomic E-state index is -1.09. The summed E-state index contributed by atoms with van der Waals surface area (Å²) in [6, 6.07) is 11.0. The number of aromatic nitrogens is 4. The van der Waals surface area contributed by atoms with E-state index in [4.69, 9.17) is 29.0 Å². The zero-order valence-corrected chi connectivity index (χ0v) is 16.4. The zero-order valence-electron chi connectivity index (χ0n) is 14.9. The molecule has 4 N–H and O–H groups in total. The van der Waals surface area contributed by atoms with Crippen molar-refractivity contribution >= 4 is 57.7 Å². The molecule has 0 saturated carbocycles. The predicted octanol–water partition coefficient (Wildman–Crippen LogP) is 3.47. The van der Waals surface area contributed by atoms with Crippen molar-refractivity contribution in [1.82, 2.24) is 20.3 Å². The molecule has 2 heterocycles. The van der Waals surface area contributed by atoms with Gasteiger partial charge in [-0.05, 0) is 40.6 Å². The van der Waals surface area contributed by atoms with Gasteiger partial charge in [0.05, 0.1) is 15.6 Å². The van der Waals surface area contributed by atoms with Crippen LogP contribution in [-0.4, -0.2) is 37.1 Å². The first kappa shape index (κ1) is 19.6. The van der Waals surface area contributed by atoms with E-state index >= 15 is 0 Å². The van der Waals surface area contributed by atoms with Crippen LogP contribution in [0.15, 0.2) is 52.2 Å². The average molecular weight is 444 g/mol. The molecule has 0 aliphatic heterocycles. The summed E-state index contributed by atoms with van der Waals surface area (Å²) < 4.78 is 4.69. The number of rotatable bonds is 5. The number of carboxylic acid groups (broad SMARTS) is 1. The van der Waals surface area contributed by atoms with Crippen LogP contribution in [0.4, 0.5) is 11.5 Å². The topological polar surface area (TPSA) is 152 Å². The molecule has 12 heteroatoms. The van der Waals surface area contributed by atoms with Crippen LogP contribution < -0.4 is 11.2 Å². The summed E-state index contributed by atoms with van der Waals surface area (Å²) in [6.07, 6.45) is 0. The second-order valence-corrected chi connectivity index (χ2v) is 6.76. The number of carbonyl (C=O) groups is 1. The fourth-order valence-corrected chi connectivity index (χ4v) is 2.97. The van der Waals surface area contributed by atoms with Crippen LogP contribution in [0.25, 0.3) is 11.3 Å². The van der Waals surface area contributed by atoms with Crippen molar-refractivity contribution in [3.8, 4) is 0 Å². The zero-order chi connectivity index (χ0) is 21.3. The maximum absolute atomic E-state index is 11.3. The summed E-state index contributed by atoms with van der Waals surface area (Å²) in [5, 5.41) is 24.3. The standard InChI is InChI=1S/C18H11Cl2N7O3/c19-11-5-4-10(7-12(11)20)22-15-14(23-16-17(24-15)27-30-26-16)13(25-21)8-2-1-3-9(6-8)18(28)29/h1-7H,21H2,(H,28,29)(H,22,24,27)/b25-13+. The maximum Gasteiger partial charge on any atom is 0.335 e. The average Bonchev–Trinajstić information content (AvgIpc) is 3.19. The van der Waals surface area contributed by atoms with Crippen molar-refractivity contribution in [2.45, 2.75) is 0 Å². The van der Waals surface area contributed by atoms with Crippen LogP contribution in [0.2, 0.25) is 10.0 Å². The molecule has 4 rings (SSSR count). The third kappa shape index (κ3) is 3.73. The first-order valence-corrected chi connectivity index (χ1v) is 9.06. The number of aromatic carboxylic acids is 1. The minimum absolute atomic E-state index is 0.0600. The van der Waals surface area contributed by atoms with Gasteiger partial charge in [0.1, 0.15) is 11.4 Å². The van der Waals surface area contributed by atoms with Gasteiger partial charge in [-0.25, -0.2) is 19.4 Å². The molecule has 150 valence electrons. The van der Waals surface area contributed by atoms with Crippen LogP contribution in [0, 0.1) is 0 Å². The molecule has 0 spiro atoms. The first-order chi connectivity index (χ1) is 14.5. The number of nitrogens with one attached hydrogen (secondary N) is 1. The summed E-state index contributed by atoms with van der Waals surface area (Å²) in [7, 11) is 0. The Balaban J connectivity index is 1.85. The molecule has 30 heavy (non-hydrogen) atoms. The number of anilines is 2. The molecule has 0 aliphatic carbocycles. The lowest BCUT2D eigenvalue weighted by Crippen LogP contribution is -2.14. The molecule has 0 radical (unpaired) electrons. The summed E-state index contributed by atoms with van der Waals surface area (Å²) in [5.41, 5.74) is 1.69. The Morgan fingerprint density at radius 2 is 1.77 bits per heavy atom. The summed E-state index contributed by atoms with van der Waals surface area (Å²) in [5.74, 6) is 4.77. The van der Waals surface area contributed by atoms with E-state index in [2.05, 4.69) is 35.3 Å². The molecular weight excluding hydrogens is 433 g/mol. The van der Waals surface area contributed by atoms with Crippen LogP contribution >= 0.6 is 23.2 Å². The van der Waals surface area contributed by atoms with Gasteiger partial charge in [-0.3, -0.25) is 0 Å². The first-order valence-electron chi connectivity index (χ1n) is 8.30. The maximum atomic E-state index is 11.3. The number of carboxylic acids is 1. The van der Waals surface area contributed by atoms with Gasteiger partial charge in [-0.2, -0.15) is 5.10 Å². The lowest BCUT2D eigenvalue weighted by Gasteiger charge is -2.12. The van der Waals surface area contributed by atoms with E-state index in [0.717, 1.165) is 0 Å². The van der Waals surface area contributed by atoms with Crippen molar-refractivity contribution in [2.75, 3.05) is 5.32 Å². The highest BCUT2D eigenvalue weighted by molar-refractivity contribution is 6.42. The van der Waals surface area contributed by atoms with Crippen LogP contribution in [0.3, 0.4) is 0 Å². The lowest BCUT2D eigenvalue weighted by molar-refractivity contribution is 0.0697. The minimum Gasteiger partial charge on any atom is -0.478 e. The van der Waals surface area contributed by atoms with Crippen LogP contribution in [0.5, 0.6) is 0 Å². The molecule has 0 atom stereocenters. The van der Waals surface area contributed by atoms with E-state index < -0.39 is 5.97 Å². The summed E-state index contributed by atoms with van der Waals surface area (Å²) in [6.45, 7) is 0. The Labute approximate surface area is 178 Å². The van der Waals surface area contributed by atoms with Crippen molar-refractivity contribution in [3.05, 3.63) is 69.3 Å². The van der Waals surface area contributed by atoms with Gasteiger partial charge < -0.3 is 16.3 Å². The highest BCUT2D eigenvalue weighted by Gasteiger charge is 2.20. The van der Waals surface area contributed by atoms with Gasteiger partial charge in [0.25, 0.3) is 0 Å². The number of hydrogen-bond donors (Lipinski definition) is 3. The second kappa shape index (κ2) is 7.93. The Hall–Kier alpha value is -3.76. The highest BCUT2D eigenvalue weighted by atomic mass is 35.5. The summed E-state index contributed by atoms with van der Waals surface area (Å²) >= 11 is 12.1. The van der Waals surface area contributed by atoms with Crippen molar-refractivity contribution in [1.29, 1.82) is 0 Å². The van der Waals surface area contributed by atoms with Crippen molar-refractivity contribution in [3.63, 3.8) is 0 Å². The Bertz CT molecular complexity index is 1310. The van der Waals surface area contributed by atoms with Gasteiger partial charge in [-0.15, -0.1) is 0 Å². The van der Waals surface area contributed by atoms with E-state index in [1.807, 2.05) is 0 Å². The smallest absolute Gasteiger partial charge is 0.335 e. The van der Waals surface area contributed by atoms with Gasteiger partial charge in [0.15, 0.2) is 5.82 Å². The molecule has 0 fully saturated rings. The Morgan fingerprint density at radius 1 is 1.03 bits per heavy atom. The number of nitrogens with two attached hydrogens (primary N) is 1. The molecule has 2 aromatic heterocycles. The van der Waals surface area contributed by atoms with Gasteiger partial charge >= 0.3 is 5.97 Å². The third-order valence-electron chi connectivity index (χ3n) is 4.03.